The second-order valence-electron chi connectivity index (χ2n) is 8.50. The smallest absolute Gasteiger partial charge is 0.278 e. The van der Waals surface area contributed by atoms with E-state index in [1.54, 1.807) is 0 Å². The number of carbonyl (C=O) groups excluding carboxylic acids is 1. The first kappa shape index (κ1) is 19.2. The molecule has 2 fully saturated rings. The monoisotopic (exact) mass is 378 g/mol. The third-order valence-corrected chi connectivity index (χ3v) is 6.62. The molecule has 4 rings (SSSR count). The van der Waals surface area contributed by atoms with Crippen LogP contribution in [0.25, 0.3) is 0 Å². The average molecular weight is 379 g/mol. The van der Waals surface area contributed by atoms with E-state index < -0.39 is 0 Å². The molecule has 2 aliphatic heterocycles. The van der Waals surface area contributed by atoms with Crippen molar-refractivity contribution in [2.24, 2.45) is 0 Å². The molecule has 2 aromatic rings. The van der Waals surface area contributed by atoms with Gasteiger partial charge in [0.2, 0.25) is 0 Å². The Balaban J connectivity index is 1.45. The maximum atomic E-state index is 13.2. The van der Waals surface area contributed by atoms with Gasteiger partial charge < -0.3 is 14.7 Å². The fourth-order valence-electron chi connectivity index (χ4n) is 5.08. The molecule has 0 aromatic heterocycles. The minimum absolute atomic E-state index is 0.293. The molecule has 0 saturated carbocycles. The highest BCUT2D eigenvalue weighted by Gasteiger charge is 2.47. The van der Waals surface area contributed by atoms with Crippen LogP contribution >= 0.6 is 0 Å². The predicted octanol–water partition coefficient (Wildman–Crippen LogP) is 2.49. The summed E-state index contributed by atoms with van der Waals surface area (Å²) in [5.41, 5.74) is 2.68. The van der Waals surface area contributed by atoms with Gasteiger partial charge in [-0.25, -0.2) is 0 Å². The summed E-state index contributed by atoms with van der Waals surface area (Å²) < 4.78 is 0.948. The van der Waals surface area contributed by atoms with Crippen molar-refractivity contribution in [2.75, 3.05) is 39.3 Å². The quantitative estimate of drug-likeness (QED) is 0.811. The number of nitrogens with one attached hydrogen (secondary N) is 1. The Labute approximate surface area is 168 Å². The fraction of sp³-hybridized carbons (Fsp3) is 0.458. The van der Waals surface area contributed by atoms with Crippen LogP contribution in [0.15, 0.2) is 60.7 Å². The summed E-state index contributed by atoms with van der Waals surface area (Å²) in [6.07, 6.45) is 1.98. The Morgan fingerprint density at radius 3 is 2.39 bits per heavy atom. The second-order valence-corrected chi connectivity index (χ2v) is 8.50. The van der Waals surface area contributed by atoms with Crippen molar-refractivity contribution >= 4 is 5.91 Å². The second kappa shape index (κ2) is 8.46. The molecule has 0 bridgehead atoms. The number of amides is 1. The SMILES string of the molecule is C[C@H]1C[N+]2(CCNC[C@@H]2Cc2ccccc2)CC(=O)N1CCc1ccccc1. The number of rotatable bonds is 5. The number of hydrogen-bond acceptors (Lipinski definition) is 2. The van der Waals surface area contributed by atoms with E-state index in [1.807, 2.05) is 6.07 Å². The zero-order valence-electron chi connectivity index (χ0n) is 16.9. The lowest BCUT2D eigenvalue weighted by molar-refractivity contribution is -0.950. The zero-order chi connectivity index (χ0) is 19.4. The van der Waals surface area contributed by atoms with Gasteiger partial charge in [-0.15, -0.1) is 0 Å². The van der Waals surface area contributed by atoms with Gasteiger partial charge in [0, 0.05) is 26.1 Å². The number of piperazine rings is 2. The number of quaternary nitrogens is 1. The summed E-state index contributed by atoms with van der Waals surface area (Å²) in [5, 5.41) is 3.57. The van der Waals surface area contributed by atoms with E-state index in [9.17, 15) is 4.79 Å². The van der Waals surface area contributed by atoms with Gasteiger partial charge in [-0.2, -0.15) is 0 Å². The van der Waals surface area contributed by atoms with Gasteiger partial charge >= 0.3 is 0 Å². The van der Waals surface area contributed by atoms with Crippen molar-refractivity contribution in [2.45, 2.75) is 31.8 Å². The topological polar surface area (TPSA) is 32.3 Å². The standard InChI is InChI=1S/C24H32N3O/c1-20-18-27(15-13-25-17-23(27)16-22-10-6-3-7-11-22)19-24(28)26(20)14-12-21-8-4-2-5-9-21/h2-11,20,23,25H,12-19H2,1H3/q+1/t20-,23-,27?/m0/s1. The molecule has 2 heterocycles. The maximum Gasteiger partial charge on any atom is 0.278 e. The van der Waals surface area contributed by atoms with E-state index in [1.165, 1.54) is 11.1 Å². The van der Waals surface area contributed by atoms with Crippen molar-refractivity contribution in [1.82, 2.24) is 10.2 Å². The molecule has 1 amide bonds. The van der Waals surface area contributed by atoms with E-state index >= 15 is 0 Å². The van der Waals surface area contributed by atoms with Crippen LogP contribution in [-0.4, -0.2) is 66.6 Å². The number of hydrogen-bond donors (Lipinski definition) is 1. The number of benzene rings is 2. The van der Waals surface area contributed by atoms with Crippen LogP contribution in [-0.2, 0) is 17.6 Å². The molecule has 2 aliphatic rings. The van der Waals surface area contributed by atoms with E-state index in [0.29, 0.717) is 24.5 Å². The van der Waals surface area contributed by atoms with Crippen LogP contribution in [0.2, 0.25) is 0 Å². The lowest BCUT2D eigenvalue weighted by Gasteiger charge is -2.53. The van der Waals surface area contributed by atoms with Gasteiger partial charge in [-0.1, -0.05) is 60.7 Å². The largest absolute Gasteiger partial charge is 0.329 e. The summed E-state index contributed by atoms with van der Waals surface area (Å²) >= 11 is 0. The molecule has 148 valence electrons. The van der Waals surface area contributed by atoms with Crippen molar-refractivity contribution in [1.29, 1.82) is 0 Å². The van der Waals surface area contributed by atoms with E-state index in [4.69, 9.17) is 0 Å². The van der Waals surface area contributed by atoms with E-state index in [2.05, 4.69) is 71.7 Å². The van der Waals surface area contributed by atoms with E-state index in [-0.39, 0.29) is 0 Å². The molecule has 1 N–H and O–H groups in total. The molecule has 0 aliphatic carbocycles. The van der Waals surface area contributed by atoms with Gasteiger partial charge in [-0.05, 0) is 24.5 Å². The van der Waals surface area contributed by atoms with Crippen LogP contribution in [0.3, 0.4) is 0 Å². The highest BCUT2D eigenvalue weighted by molar-refractivity contribution is 5.78. The first-order chi connectivity index (χ1) is 13.7. The molecule has 2 saturated heterocycles. The summed E-state index contributed by atoms with van der Waals surface area (Å²) in [7, 11) is 0. The summed E-state index contributed by atoms with van der Waals surface area (Å²) in [6, 6.07) is 22.0. The predicted molar refractivity (Wildman–Crippen MR) is 113 cm³/mol. The molecule has 28 heavy (non-hydrogen) atoms. The third kappa shape index (κ3) is 4.13. The van der Waals surface area contributed by atoms with Gasteiger partial charge in [0.25, 0.3) is 5.91 Å². The van der Waals surface area contributed by atoms with Crippen molar-refractivity contribution in [3.63, 3.8) is 0 Å². The van der Waals surface area contributed by atoms with Crippen LogP contribution in [0.1, 0.15) is 18.1 Å². The molecule has 4 heteroatoms. The lowest BCUT2D eigenvalue weighted by atomic mass is 9.96. The van der Waals surface area contributed by atoms with Crippen molar-refractivity contribution < 1.29 is 9.28 Å². The molecule has 0 radical (unpaired) electrons. The Kier molecular flexibility index (Phi) is 5.79. The van der Waals surface area contributed by atoms with Crippen molar-refractivity contribution in [3.05, 3.63) is 71.8 Å². The minimum atomic E-state index is 0.293. The molecule has 1 spiro atoms. The molecule has 2 aromatic carbocycles. The molecular weight excluding hydrogens is 346 g/mol. The van der Waals surface area contributed by atoms with Gasteiger partial charge in [0.1, 0.15) is 6.04 Å². The summed E-state index contributed by atoms with van der Waals surface area (Å²) in [6.45, 7) is 7.85. The highest BCUT2D eigenvalue weighted by Crippen LogP contribution is 2.27. The number of nitrogens with zero attached hydrogens (tertiary/aromatic N) is 2. The Morgan fingerprint density at radius 2 is 1.71 bits per heavy atom. The van der Waals surface area contributed by atoms with Crippen LogP contribution in [0.4, 0.5) is 0 Å². The molecule has 4 nitrogen and oxygen atoms in total. The Hall–Kier alpha value is -2.17. The average Bonchev–Trinajstić information content (AvgIpc) is 2.71. The van der Waals surface area contributed by atoms with Crippen LogP contribution in [0, 0.1) is 0 Å². The van der Waals surface area contributed by atoms with Crippen LogP contribution < -0.4 is 5.32 Å². The fourth-order valence-corrected chi connectivity index (χ4v) is 5.08. The highest BCUT2D eigenvalue weighted by atomic mass is 16.2. The molecule has 3 atom stereocenters. The normalized spacial score (nSPS) is 27.9. The van der Waals surface area contributed by atoms with Gasteiger partial charge in [0.15, 0.2) is 6.54 Å². The van der Waals surface area contributed by atoms with Crippen molar-refractivity contribution in [3.8, 4) is 0 Å². The number of carbonyl (C=O) groups is 1. The van der Waals surface area contributed by atoms with Crippen LogP contribution in [0.5, 0.6) is 0 Å². The molecule has 1 unspecified atom stereocenters. The van der Waals surface area contributed by atoms with Gasteiger partial charge in [0.05, 0.1) is 19.1 Å². The summed E-state index contributed by atoms with van der Waals surface area (Å²) in [5.74, 6) is 0.328. The first-order valence-corrected chi connectivity index (χ1v) is 10.6. The third-order valence-electron chi connectivity index (χ3n) is 6.62. The minimum Gasteiger partial charge on any atom is -0.329 e. The van der Waals surface area contributed by atoms with E-state index in [0.717, 1.165) is 50.0 Å². The Bertz CT molecular complexity index is 779. The van der Waals surface area contributed by atoms with Gasteiger partial charge in [-0.3, -0.25) is 4.79 Å². The first-order valence-electron chi connectivity index (χ1n) is 10.6. The lowest BCUT2D eigenvalue weighted by Crippen LogP contribution is -2.74. The molecular formula is C24H32N3O+. The maximum absolute atomic E-state index is 13.2. The zero-order valence-corrected chi connectivity index (χ0v) is 16.9. The summed E-state index contributed by atoms with van der Waals surface area (Å²) in [4.78, 5) is 15.3. The Morgan fingerprint density at radius 1 is 1.04 bits per heavy atom.